The van der Waals surface area contributed by atoms with Crippen LogP contribution in [0.15, 0.2) is 0 Å². The Morgan fingerprint density at radius 3 is 2.73 bits per heavy atom. The Balaban J connectivity index is 2.33. The van der Waals surface area contributed by atoms with Crippen molar-refractivity contribution in [3.8, 4) is 0 Å². The van der Waals surface area contributed by atoms with Crippen LogP contribution in [0.4, 0.5) is 0 Å². The van der Waals surface area contributed by atoms with Gasteiger partial charge in [0.05, 0.1) is 13.2 Å². The fourth-order valence-corrected chi connectivity index (χ4v) is 1.83. The van der Waals surface area contributed by atoms with Gasteiger partial charge in [-0.25, -0.2) is 0 Å². The van der Waals surface area contributed by atoms with Gasteiger partial charge in [-0.05, 0) is 0 Å². The van der Waals surface area contributed by atoms with Gasteiger partial charge in [-0.15, -0.1) is 0 Å². The molecule has 0 spiro atoms. The van der Waals surface area contributed by atoms with E-state index < -0.39 is 11.4 Å². The van der Waals surface area contributed by atoms with Crippen LogP contribution >= 0.6 is 0 Å². The smallest absolute Gasteiger partial charge is 0.164 e. The van der Waals surface area contributed by atoms with Gasteiger partial charge in [-0.1, -0.05) is 6.92 Å². The third-order valence-corrected chi connectivity index (χ3v) is 2.80. The summed E-state index contributed by atoms with van der Waals surface area (Å²) in [7, 11) is 0. The maximum Gasteiger partial charge on any atom is 0.164 e. The molecule has 2 aliphatic heterocycles. The molecule has 2 saturated heterocycles. The maximum absolute atomic E-state index is 5.97. The van der Waals surface area contributed by atoms with Gasteiger partial charge in [0, 0.05) is 12.3 Å². The molecule has 0 bridgehead atoms. The third-order valence-electron chi connectivity index (χ3n) is 2.80. The monoisotopic (exact) mass is 158 g/mol. The zero-order valence-electron chi connectivity index (χ0n) is 6.67. The molecule has 64 valence electrons. The van der Waals surface area contributed by atoms with Crippen molar-refractivity contribution in [2.24, 2.45) is 17.4 Å². The number of hydrogen-bond acceptors (Lipinski definition) is 4. The Hall–Kier alpha value is -0.160. The molecule has 0 saturated carbocycles. The van der Waals surface area contributed by atoms with Gasteiger partial charge in [-0.3, -0.25) is 11.5 Å². The maximum atomic E-state index is 5.97. The highest BCUT2D eigenvalue weighted by molar-refractivity contribution is 5.05. The van der Waals surface area contributed by atoms with Crippen molar-refractivity contribution in [2.45, 2.75) is 24.8 Å². The number of hydrogen-bond donors (Lipinski definition) is 2. The predicted molar refractivity (Wildman–Crippen MR) is 39.5 cm³/mol. The van der Waals surface area contributed by atoms with Crippen LogP contribution in [0.5, 0.6) is 0 Å². The molecule has 4 heteroatoms. The van der Waals surface area contributed by atoms with Gasteiger partial charge < -0.3 is 9.47 Å². The molecule has 2 fully saturated rings. The molecular formula is C7H14N2O2. The van der Waals surface area contributed by atoms with Gasteiger partial charge in [0.25, 0.3) is 0 Å². The Morgan fingerprint density at radius 1 is 1.36 bits per heavy atom. The lowest BCUT2D eigenvalue weighted by molar-refractivity contribution is -0.0891. The second kappa shape index (κ2) is 1.95. The molecule has 0 aromatic rings. The number of rotatable bonds is 0. The van der Waals surface area contributed by atoms with E-state index in [4.69, 9.17) is 20.9 Å². The lowest BCUT2D eigenvalue weighted by Crippen LogP contribution is -2.62. The van der Waals surface area contributed by atoms with Crippen LogP contribution in [0.25, 0.3) is 0 Å². The van der Waals surface area contributed by atoms with E-state index in [2.05, 4.69) is 0 Å². The molecule has 0 aromatic carbocycles. The summed E-state index contributed by atoms with van der Waals surface area (Å²) < 4.78 is 10.8. The first-order chi connectivity index (χ1) is 5.08. The van der Waals surface area contributed by atoms with Crippen molar-refractivity contribution in [3.63, 3.8) is 0 Å². The molecule has 0 aromatic heterocycles. The van der Waals surface area contributed by atoms with Crippen LogP contribution < -0.4 is 11.5 Å². The Bertz CT molecular complexity index is 187. The number of ether oxygens (including phenoxy) is 2. The van der Waals surface area contributed by atoms with Crippen molar-refractivity contribution in [1.29, 1.82) is 0 Å². The van der Waals surface area contributed by atoms with Crippen LogP contribution in [-0.2, 0) is 9.47 Å². The molecule has 2 rings (SSSR count). The van der Waals surface area contributed by atoms with Crippen LogP contribution in [-0.4, -0.2) is 24.7 Å². The first-order valence-electron chi connectivity index (χ1n) is 3.94. The van der Waals surface area contributed by atoms with E-state index in [9.17, 15) is 0 Å². The zero-order chi connectivity index (χ0) is 8.11. The van der Waals surface area contributed by atoms with Crippen LogP contribution in [0, 0.1) is 5.92 Å². The molecule has 0 amide bonds. The topological polar surface area (TPSA) is 70.5 Å². The first kappa shape index (κ1) is 7.49. The lowest BCUT2D eigenvalue weighted by Gasteiger charge is -2.32. The standard InChI is InChI=1S/C7H14N2O2/c1-5-4-11-6(8)2-3-10-7(5,6)9/h5H,2-4,8-9H2,1H3/t5?,6-,7-/m1/s1. The van der Waals surface area contributed by atoms with Crippen molar-refractivity contribution in [1.82, 2.24) is 0 Å². The van der Waals surface area contributed by atoms with E-state index in [1.54, 1.807) is 0 Å². The van der Waals surface area contributed by atoms with E-state index in [1.165, 1.54) is 0 Å². The van der Waals surface area contributed by atoms with Crippen molar-refractivity contribution in [3.05, 3.63) is 0 Å². The highest BCUT2D eigenvalue weighted by Gasteiger charge is 2.60. The summed E-state index contributed by atoms with van der Waals surface area (Å²) in [6.07, 6.45) is 0.702. The molecule has 4 N–H and O–H groups in total. The normalized spacial score (nSPS) is 56.5. The molecule has 2 aliphatic rings. The average Bonchev–Trinajstić information content (AvgIpc) is 2.34. The molecular weight excluding hydrogens is 144 g/mol. The summed E-state index contributed by atoms with van der Waals surface area (Å²) in [5.74, 6) is 0.190. The van der Waals surface area contributed by atoms with Crippen LogP contribution in [0.1, 0.15) is 13.3 Å². The van der Waals surface area contributed by atoms with Crippen molar-refractivity contribution < 1.29 is 9.47 Å². The third kappa shape index (κ3) is 0.727. The van der Waals surface area contributed by atoms with Gasteiger partial charge in [0.2, 0.25) is 0 Å². The molecule has 1 unspecified atom stereocenters. The van der Waals surface area contributed by atoms with E-state index >= 15 is 0 Å². The van der Waals surface area contributed by atoms with E-state index in [0.717, 1.165) is 0 Å². The van der Waals surface area contributed by atoms with Gasteiger partial charge in [0.1, 0.15) is 0 Å². The summed E-state index contributed by atoms with van der Waals surface area (Å²) in [5.41, 5.74) is 10.4. The molecule has 0 radical (unpaired) electrons. The second-order valence-electron chi connectivity index (χ2n) is 3.49. The quantitative estimate of drug-likeness (QED) is 0.493. The second-order valence-corrected chi connectivity index (χ2v) is 3.49. The van der Waals surface area contributed by atoms with Crippen LogP contribution in [0.2, 0.25) is 0 Å². The minimum atomic E-state index is -0.743. The fraction of sp³-hybridized carbons (Fsp3) is 1.00. The molecule has 0 aliphatic carbocycles. The number of nitrogens with two attached hydrogens (primary N) is 2. The van der Waals surface area contributed by atoms with Crippen molar-refractivity contribution in [2.75, 3.05) is 13.2 Å². The summed E-state index contributed by atoms with van der Waals surface area (Å²) >= 11 is 0. The summed E-state index contributed by atoms with van der Waals surface area (Å²) in [6.45, 7) is 3.21. The van der Waals surface area contributed by atoms with E-state index in [0.29, 0.717) is 19.6 Å². The minimum Gasteiger partial charge on any atom is -0.356 e. The van der Waals surface area contributed by atoms with Gasteiger partial charge in [-0.2, -0.15) is 0 Å². The Morgan fingerprint density at radius 2 is 2.09 bits per heavy atom. The van der Waals surface area contributed by atoms with E-state index in [-0.39, 0.29) is 5.92 Å². The highest BCUT2D eigenvalue weighted by atomic mass is 16.6. The largest absolute Gasteiger partial charge is 0.356 e. The van der Waals surface area contributed by atoms with Gasteiger partial charge >= 0.3 is 0 Å². The average molecular weight is 158 g/mol. The molecule has 4 nitrogen and oxygen atoms in total. The zero-order valence-corrected chi connectivity index (χ0v) is 6.67. The lowest BCUT2D eigenvalue weighted by atomic mass is 9.93. The van der Waals surface area contributed by atoms with Gasteiger partial charge in [0.15, 0.2) is 11.4 Å². The molecule has 11 heavy (non-hydrogen) atoms. The SMILES string of the molecule is CC1CO[C@]2(N)CCO[C@]12N. The summed E-state index contributed by atoms with van der Waals surface area (Å²) in [6, 6.07) is 0. The van der Waals surface area contributed by atoms with Crippen LogP contribution in [0.3, 0.4) is 0 Å². The molecule has 2 heterocycles. The molecule has 3 atom stereocenters. The highest BCUT2D eigenvalue weighted by Crippen LogP contribution is 2.42. The Kier molecular flexibility index (Phi) is 1.33. The minimum absolute atomic E-state index is 0.190. The first-order valence-corrected chi connectivity index (χ1v) is 3.94. The predicted octanol–water partition coefficient (Wildman–Crippen LogP) is -0.617. The summed E-state index contributed by atoms with van der Waals surface area (Å²) in [4.78, 5) is 0. The Labute approximate surface area is 65.8 Å². The summed E-state index contributed by atoms with van der Waals surface area (Å²) in [5, 5.41) is 0. The van der Waals surface area contributed by atoms with Crippen molar-refractivity contribution >= 4 is 0 Å². The van der Waals surface area contributed by atoms with E-state index in [1.807, 2.05) is 6.92 Å². The number of fused-ring (bicyclic) bond motifs is 1. The fourth-order valence-electron chi connectivity index (χ4n) is 1.83.